The summed E-state index contributed by atoms with van der Waals surface area (Å²) in [5.41, 5.74) is 0.605. The molecule has 0 rings (SSSR count). The van der Waals surface area contributed by atoms with Gasteiger partial charge in [-0.3, -0.25) is 4.79 Å². The van der Waals surface area contributed by atoms with Crippen LogP contribution < -0.4 is 5.32 Å². The lowest BCUT2D eigenvalue weighted by Gasteiger charge is -2.19. The molecule has 4 heteroatoms. The highest BCUT2D eigenvalue weighted by atomic mass is 16.1. The van der Waals surface area contributed by atoms with Crippen LogP contribution in [0.1, 0.15) is 0 Å². The highest BCUT2D eigenvalue weighted by Gasteiger charge is 2.07. The molecule has 0 aliphatic heterocycles. The van der Waals surface area contributed by atoms with Gasteiger partial charge in [0, 0.05) is 32.3 Å². The van der Waals surface area contributed by atoms with Gasteiger partial charge < -0.3 is 15.1 Å². The van der Waals surface area contributed by atoms with E-state index < -0.39 is 0 Å². The fourth-order valence-corrected chi connectivity index (χ4v) is 1.02. The summed E-state index contributed by atoms with van der Waals surface area (Å²) in [6.07, 6.45) is 0. The quantitative estimate of drug-likeness (QED) is 0.601. The van der Waals surface area contributed by atoms with E-state index in [4.69, 9.17) is 0 Å². The van der Waals surface area contributed by atoms with E-state index in [1.165, 1.54) is 0 Å². The first-order valence-electron chi connectivity index (χ1n) is 4.70. The van der Waals surface area contributed by atoms with Crippen LogP contribution in [-0.4, -0.2) is 63.5 Å². The second-order valence-electron chi connectivity index (χ2n) is 3.72. The molecule has 4 nitrogen and oxygen atoms in total. The molecule has 0 aromatic heterocycles. The number of nitrogens with one attached hydrogen (secondary N) is 1. The van der Waals surface area contributed by atoms with Crippen molar-refractivity contribution in [1.29, 1.82) is 0 Å². The van der Waals surface area contributed by atoms with Crippen LogP contribution in [0.4, 0.5) is 0 Å². The fraction of sp³-hybridized carbons (Fsp3) is 0.700. The number of rotatable bonds is 6. The minimum atomic E-state index is -0.0818. The Hall–Kier alpha value is -0.870. The molecular formula is C10H21N3O. The minimum absolute atomic E-state index is 0.0818. The molecule has 0 atom stereocenters. The van der Waals surface area contributed by atoms with Crippen LogP contribution in [0, 0.1) is 0 Å². The van der Waals surface area contributed by atoms with Gasteiger partial charge in [-0.25, -0.2) is 0 Å². The van der Waals surface area contributed by atoms with Crippen molar-refractivity contribution in [3.8, 4) is 0 Å². The van der Waals surface area contributed by atoms with E-state index >= 15 is 0 Å². The van der Waals surface area contributed by atoms with E-state index in [0.717, 1.165) is 13.1 Å². The number of likely N-dealkylation sites (N-methyl/N-ethyl adjacent to an activating group) is 3. The Morgan fingerprint density at radius 3 is 2.29 bits per heavy atom. The van der Waals surface area contributed by atoms with Gasteiger partial charge in [0.25, 0.3) is 0 Å². The third kappa shape index (κ3) is 5.72. The maximum absolute atomic E-state index is 11.1. The van der Waals surface area contributed by atoms with Gasteiger partial charge in [-0.1, -0.05) is 6.58 Å². The molecule has 0 radical (unpaired) electrons. The SMILES string of the molecule is C=C(CN(C)CCN(C)C)C(=O)NC. The average molecular weight is 199 g/mol. The summed E-state index contributed by atoms with van der Waals surface area (Å²) in [5, 5.41) is 2.56. The molecule has 0 saturated carbocycles. The Labute approximate surface area is 86.6 Å². The summed E-state index contributed by atoms with van der Waals surface area (Å²) in [7, 11) is 7.66. The zero-order valence-electron chi connectivity index (χ0n) is 9.63. The van der Waals surface area contributed by atoms with Crippen LogP contribution >= 0.6 is 0 Å². The highest BCUT2D eigenvalue weighted by Crippen LogP contribution is 1.94. The summed E-state index contributed by atoms with van der Waals surface area (Å²) >= 11 is 0. The van der Waals surface area contributed by atoms with Crippen LogP contribution in [0.25, 0.3) is 0 Å². The van der Waals surface area contributed by atoms with Crippen molar-refractivity contribution in [2.24, 2.45) is 0 Å². The van der Waals surface area contributed by atoms with Gasteiger partial charge in [-0.05, 0) is 21.1 Å². The average Bonchev–Trinajstić information content (AvgIpc) is 2.13. The minimum Gasteiger partial charge on any atom is -0.355 e. The monoisotopic (exact) mass is 199 g/mol. The van der Waals surface area contributed by atoms with Gasteiger partial charge in [0.2, 0.25) is 5.91 Å². The second kappa shape index (κ2) is 6.56. The van der Waals surface area contributed by atoms with Gasteiger partial charge in [0.1, 0.15) is 0 Å². The van der Waals surface area contributed by atoms with Crippen LogP contribution in [0.2, 0.25) is 0 Å². The predicted octanol–water partition coefficient (Wildman–Crippen LogP) is -0.218. The summed E-state index contributed by atoms with van der Waals surface area (Å²) in [6.45, 7) is 6.26. The van der Waals surface area contributed by atoms with Crippen molar-refractivity contribution >= 4 is 5.91 Å². The van der Waals surface area contributed by atoms with Crippen LogP contribution in [0.3, 0.4) is 0 Å². The van der Waals surface area contributed by atoms with Crippen molar-refractivity contribution in [3.05, 3.63) is 12.2 Å². The zero-order valence-corrected chi connectivity index (χ0v) is 9.63. The van der Waals surface area contributed by atoms with Gasteiger partial charge >= 0.3 is 0 Å². The highest BCUT2D eigenvalue weighted by molar-refractivity contribution is 5.92. The maximum Gasteiger partial charge on any atom is 0.247 e. The van der Waals surface area contributed by atoms with E-state index in [9.17, 15) is 4.79 Å². The van der Waals surface area contributed by atoms with Crippen LogP contribution in [-0.2, 0) is 4.79 Å². The number of carbonyl (C=O) groups is 1. The lowest BCUT2D eigenvalue weighted by molar-refractivity contribution is -0.117. The number of hydrogen-bond acceptors (Lipinski definition) is 3. The smallest absolute Gasteiger partial charge is 0.247 e. The molecule has 0 saturated heterocycles. The number of carbonyl (C=O) groups excluding carboxylic acids is 1. The van der Waals surface area contributed by atoms with Crippen LogP contribution in [0.15, 0.2) is 12.2 Å². The molecule has 1 amide bonds. The standard InChI is InChI=1S/C10H21N3O/c1-9(10(14)11-2)8-13(5)7-6-12(3)4/h1,6-8H2,2-5H3,(H,11,14). The van der Waals surface area contributed by atoms with Gasteiger partial charge in [-0.2, -0.15) is 0 Å². The zero-order chi connectivity index (χ0) is 11.1. The molecule has 0 unspecified atom stereocenters. The molecule has 0 aromatic rings. The van der Waals surface area contributed by atoms with Crippen molar-refractivity contribution in [1.82, 2.24) is 15.1 Å². The Morgan fingerprint density at radius 1 is 1.29 bits per heavy atom. The molecule has 0 fully saturated rings. The maximum atomic E-state index is 11.1. The fourth-order valence-electron chi connectivity index (χ4n) is 1.02. The molecule has 0 aliphatic rings. The van der Waals surface area contributed by atoms with Crippen molar-refractivity contribution in [2.45, 2.75) is 0 Å². The second-order valence-corrected chi connectivity index (χ2v) is 3.72. The van der Waals surface area contributed by atoms with E-state index in [0.29, 0.717) is 12.1 Å². The van der Waals surface area contributed by atoms with E-state index in [1.54, 1.807) is 7.05 Å². The number of hydrogen-bond donors (Lipinski definition) is 1. The Kier molecular flexibility index (Phi) is 6.16. The predicted molar refractivity (Wildman–Crippen MR) is 59.3 cm³/mol. The largest absolute Gasteiger partial charge is 0.355 e. The first kappa shape index (κ1) is 13.1. The topological polar surface area (TPSA) is 35.6 Å². The third-order valence-corrected chi connectivity index (χ3v) is 1.94. The van der Waals surface area contributed by atoms with Crippen molar-refractivity contribution in [2.75, 3.05) is 47.8 Å². The van der Waals surface area contributed by atoms with E-state index in [2.05, 4.69) is 21.7 Å². The number of amides is 1. The molecule has 82 valence electrons. The van der Waals surface area contributed by atoms with E-state index in [1.807, 2.05) is 21.1 Å². The van der Waals surface area contributed by atoms with E-state index in [-0.39, 0.29) is 5.91 Å². The normalized spacial score (nSPS) is 10.7. The molecule has 0 aromatic carbocycles. The summed E-state index contributed by atoms with van der Waals surface area (Å²) in [5.74, 6) is -0.0818. The molecular weight excluding hydrogens is 178 g/mol. The van der Waals surface area contributed by atoms with Gasteiger partial charge in [0.05, 0.1) is 0 Å². The molecule has 0 spiro atoms. The summed E-state index contributed by atoms with van der Waals surface area (Å²) in [4.78, 5) is 15.3. The molecule has 0 heterocycles. The Balaban J connectivity index is 3.76. The lowest BCUT2D eigenvalue weighted by Crippen LogP contribution is -2.33. The Bertz CT molecular complexity index is 202. The first-order chi connectivity index (χ1) is 6.47. The van der Waals surface area contributed by atoms with Crippen LogP contribution in [0.5, 0.6) is 0 Å². The Morgan fingerprint density at radius 2 is 1.86 bits per heavy atom. The van der Waals surface area contributed by atoms with Crippen molar-refractivity contribution in [3.63, 3.8) is 0 Å². The van der Waals surface area contributed by atoms with Gasteiger partial charge in [-0.15, -0.1) is 0 Å². The third-order valence-electron chi connectivity index (χ3n) is 1.94. The summed E-state index contributed by atoms with van der Waals surface area (Å²) in [6, 6.07) is 0. The molecule has 14 heavy (non-hydrogen) atoms. The lowest BCUT2D eigenvalue weighted by atomic mass is 10.2. The molecule has 0 bridgehead atoms. The van der Waals surface area contributed by atoms with Gasteiger partial charge in [0.15, 0.2) is 0 Å². The molecule has 0 aliphatic carbocycles. The molecule has 1 N–H and O–H groups in total. The number of nitrogens with zero attached hydrogens (tertiary/aromatic N) is 2. The first-order valence-corrected chi connectivity index (χ1v) is 4.70. The summed E-state index contributed by atoms with van der Waals surface area (Å²) < 4.78 is 0. The van der Waals surface area contributed by atoms with Crippen molar-refractivity contribution < 1.29 is 4.79 Å².